The molecular weight excluding hydrogens is 190 g/mol. The lowest BCUT2D eigenvalue weighted by molar-refractivity contribution is 0.953. The average molecular weight is 203 g/mol. The van der Waals surface area contributed by atoms with Gasteiger partial charge in [0.05, 0.1) is 6.54 Å². The molecule has 2 aromatic rings. The SMILES string of the molecule is Cc1cc(N)ccc1NCc1ncn[nH]1. The summed E-state index contributed by atoms with van der Waals surface area (Å²) < 4.78 is 0. The molecule has 1 aromatic carbocycles. The minimum atomic E-state index is 0.630. The van der Waals surface area contributed by atoms with Gasteiger partial charge in [-0.15, -0.1) is 0 Å². The Balaban J connectivity index is 2.05. The molecule has 0 aliphatic heterocycles. The molecule has 4 N–H and O–H groups in total. The van der Waals surface area contributed by atoms with E-state index >= 15 is 0 Å². The van der Waals surface area contributed by atoms with Crippen LogP contribution in [0.25, 0.3) is 0 Å². The third-order valence-electron chi connectivity index (χ3n) is 2.16. The Morgan fingerprint density at radius 1 is 1.47 bits per heavy atom. The van der Waals surface area contributed by atoms with E-state index < -0.39 is 0 Å². The Labute approximate surface area is 87.7 Å². The van der Waals surface area contributed by atoms with Crippen LogP contribution in [0.5, 0.6) is 0 Å². The second-order valence-corrected chi connectivity index (χ2v) is 3.36. The fraction of sp³-hybridized carbons (Fsp3) is 0.200. The molecule has 0 amide bonds. The van der Waals surface area contributed by atoms with Crippen molar-refractivity contribution in [2.45, 2.75) is 13.5 Å². The molecule has 0 atom stereocenters. The fourth-order valence-electron chi connectivity index (χ4n) is 1.38. The molecular formula is C10H13N5. The molecule has 2 rings (SSSR count). The average Bonchev–Trinajstić information content (AvgIpc) is 2.69. The molecule has 78 valence electrons. The highest BCUT2D eigenvalue weighted by Crippen LogP contribution is 2.17. The van der Waals surface area contributed by atoms with Gasteiger partial charge in [-0.2, -0.15) is 5.10 Å². The normalized spacial score (nSPS) is 10.2. The van der Waals surface area contributed by atoms with Gasteiger partial charge in [0, 0.05) is 11.4 Å². The Morgan fingerprint density at radius 3 is 3.00 bits per heavy atom. The van der Waals surface area contributed by atoms with Crippen molar-refractivity contribution < 1.29 is 0 Å². The van der Waals surface area contributed by atoms with E-state index in [9.17, 15) is 0 Å². The van der Waals surface area contributed by atoms with Crippen molar-refractivity contribution in [3.63, 3.8) is 0 Å². The summed E-state index contributed by atoms with van der Waals surface area (Å²) in [5.41, 5.74) is 8.61. The molecule has 0 radical (unpaired) electrons. The third-order valence-corrected chi connectivity index (χ3v) is 2.16. The molecule has 5 heteroatoms. The summed E-state index contributed by atoms with van der Waals surface area (Å²) in [7, 11) is 0. The van der Waals surface area contributed by atoms with E-state index in [1.807, 2.05) is 25.1 Å². The van der Waals surface area contributed by atoms with Crippen molar-refractivity contribution in [1.82, 2.24) is 15.2 Å². The molecule has 0 unspecified atom stereocenters. The Hall–Kier alpha value is -2.04. The van der Waals surface area contributed by atoms with Gasteiger partial charge in [-0.25, -0.2) is 4.98 Å². The fourth-order valence-corrected chi connectivity index (χ4v) is 1.38. The molecule has 0 aliphatic carbocycles. The van der Waals surface area contributed by atoms with Gasteiger partial charge in [0.15, 0.2) is 0 Å². The minimum absolute atomic E-state index is 0.630. The number of benzene rings is 1. The Morgan fingerprint density at radius 2 is 2.33 bits per heavy atom. The lowest BCUT2D eigenvalue weighted by Crippen LogP contribution is -2.03. The standard InChI is InChI=1S/C10H13N5/c1-7-4-8(11)2-3-9(7)12-5-10-13-6-14-15-10/h2-4,6,12H,5,11H2,1H3,(H,13,14,15). The first-order valence-electron chi connectivity index (χ1n) is 4.70. The molecule has 15 heavy (non-hydrogen) atoms. The van der Waals surface area contributed by atoms with Gasteiger partial charge < -0.3 is 11.1 Å². The summed E-state index contributed by atoms with van der Waals surface area (Å²) >= 11 is 0. The van der Waals surface area contributed by atoms with Crippen LogP contribution in [-0.4, -0.2) is 15.2 Å². The number of anilines is 2. The number of rotatable bonds is 3. The first-order chi connectivity index (χ1) is 7.25. The summed E-state index contributed by atoms with van der Waals surface area (Å²) in [4.78, 5) is 4.02. The first kappa shape index (κ1) is 9.51. The highest BCUT2D eigenvalue weighted by molar-refractivity contribution is 5.57. The summed E-state index contributed by atoms with van der Waals surface area (Å²) in [5.74, 6) is 0.811. The number of aryl methyl sites for hydroxylation is 1. The van der Waals surface area contributed by atoms with Crippen molar-refractivity contribution >= 4 is 11.4 Å². The summed E-state index contributed by atoms with van der Waals surface area (Å²) in [6.07, 6.45) is 1.49. The quantitative estimate of drug-likeness (QED) is 0.657. The molecule has 5 nitrogen and oxygen atoms in total. The Kier molecular flexibility index (Phi) is 2.53. The van der Waals surface area contributed by atoms with Crippen LogP contribution >= 0.6 is 0 Å². The van der Waals surface area contributed by atoms with Gasteiger partial charge in [0.25, 0.3) is 0 Å². The van der Waals surface area contributed by atoms with E-state index in [1.165, 1.54) is 6.33 Å². The molecule has 0 saturated carbocycles. The molecule has 0 fully saturated rings. The van der Waals surface area contributed by atoms with E-state index in [-0.39, 0.29) is 0 Å². The number of nitrogens with one attached hydrogen (secondary N) is 2. The van der Waals surface area contributed by atoms with Crippen LogP contribution in [0.2, 0.25) is 0 Å². The second-order valence-electron chi connectivity index (χ2n) is 3.36. The van der Waals surface area contributed by atoms with Crippen molar-refractivity contribution in [3.05, 3.63) is 35.9 Å². The Bertz CT molecular complexity index is 435. The minimum Gasteiger partial charge on any atom is -0.399 e. The van der Waals surface area contributed by atoms with Crippen LogP contribution < -0.4 is 11.1 Å². The molecule has 0 aliphatic rings. The van der Waals surface area contributed by atoms with Crippen LogP contribution in [0.4, 0.5) is 11.4 Å². The number of nitrogens with two attached hydrogens (primary N) is 1. The summed E-state index contributed by atoms with van der Waals surface area (Å²) in [5, 5.41) is 9.82. The van der Waals surface area contributed by atoms with E-state index in [0.29, 0.717) is 6.54 Å². The first-order valence-corrected chi connectivity index (χ1v) is 4.70. The van der Waals surface area contributed by atoms with Crippen molar-refractivity contribution in [3.8, 4) is 0 Å². The predicted octanol–water partition coefficient (Wildman–Crippen LogP) is 1.31. The highest BCUT2D eigenvalue weighted by Gasteiger charge is 1.99. The van der Waals surface area contributed by atoms with Crippen LogP contribution in [0.3, 0.4) is 0 Å². The predicted molar refractivity (Wildman–Crippen MR) is 59.3 cm³/mol. The third kappa shape index (κ3) is 2.25. The van der Waals surface area contributed by atoms with Gasteiger partial charge in [-0.1, -0.05) is 0 Å². The van der Waals surface area contributed by atoms with E-state index in [1.54, 1.807) is 0 Å². The monoisotopic (exact) mass is 203 g/mol. The van der Waals surface area contributed by atoms with Crippen molar-refractivity contribution in [2.75, 3.05) is 11.1 Å². The number of H-pyrrole nitrogens is 1. The largest absolute Gasteiger partial charge is 0.399 e. The van der Waals surface area contributed by atoms with Crippen LogP contribution in [-0.2, 0) is 6.54 Å². The second kappa shape index (κ2) is 4.00. The number of nitrogen functional groups attached to an aromatic ring is 1. The molecule has 1 aromatic heterocycles. The molecule has 0 spiro atoms. The van der Waals surface area contributed by atoms with Gasteiger partial charge in [-0.05, 0) is 30.7 Å². The number of aromatic nitrogens is 3. The number of hydrogen-bond donors (Lipinski definition) is 3. The van der Waals surface area contributed by atoms with E-state index in [0.717, 1.165) is 22.8 Å². The van der Waals surface area contributed by atoms with Crippen LogP contribution in [0.15, 0.2) is 24.5 Å². The maximum absolute atomic E-state index is 5.66. The topological polar surface area (TPSA) is 79.6 Å². The lowest BCUT2D eigenvalue weighted by Gasteiger charge is -2.08. The smallest absolute Gasteiger partial charge is 0.143 e. The number of aromatic amines is 1. The molecule has 0 saturated heterocycles. The summed E-state index contributed by atoms with van der Waals surface area (Å²) in [6, 6.07) is 5.76. The van der Waals surface area contributed by atoms with E-state index in [2.05, 4.69) is 20.5 Å². The highest BCUT2D eigenvalue weighted by atomic mass is 15.2. The van der Waals surface area contributed by atoms with Gasteiger partial charge in [0.2, 0.25) is 0 Å². The van der Waals surface area contributed by atoms with Gasteiger partial charge in [-0.3, -0.25) is 5.10 Å². The van der Waals surface area contributed by atoms with Crippen molar-refractivity contribution in [2.24, 2.45) is 0 Å². The maximum Gasteiger partial charge on any atom is 0.143 e. The zero-order valence-electron chi connectivity index (χ0n) is 8.49. The zero-order chi connectivity index (χ0) is 10.7. The number of hydrogen-bond acceptors (Lipinski definition) is 4. The van der Waals surface area contributed by atoms with Gasteiger partial charge >= 0.3 is 0 Å². The zero-order valence-corrected chi connectivity index (χ0v) is 8.49. The lowest BCUT2D eigenvalue weighted by atomic mass is 10.2. The van der Waals surface area contributed by atoms with Crippen LogP contribution in [0.1, 0.15) is 11.4 Å². The van der Waals surface area contributed by atoms with Crippen molar-refractivity contribution in [1.29, 1.82) is 0 Å². The molecule has 0 bridgehead atoms. The maximum atomic E-state index is 5.66. The van der Waals surface area contributed by atoms with Crippen LogP contribution in [0, 0.1) is 6.92 Å². The summed E-state index contributed by atoms with van der Waals surface area (Å²) in [6.45, 7) is 2.64. The van der Waals surface area contributed by atoms with E-state index in [4.69, 9.17) is 5.73 Å². The molecule has 1 heterocycles. The van der Waals surface area contributed by atoms with Gasteiger partial charge in [0.1, 0.15) is 12.2 Å². The number of nitrogens with zero attached hydrogens (tertiary/aromatic N) is 2.